The zero-order valence-electron chi connectivity index (χ0n) is 16.5. The molecule has 3 heterocycles. The average molecular weight is 418 g/mol. The first-order valence-corrected chi connectivity index (χ1v) is 9.99. The van der Waals surface area contributed by atoms with E-state index in [0.717, 1.165) is 11.1 Å². The fourth-order valence-electron chi connectivity index (χ4n) is 4.96. The summed E-state index contributed by atoms with van der Waals surface area (Å²) in [6, 6.07) is 11.3. The number of nitro benzene ring substituents is 1. The maximum Gasteiger partial charge on any atom is 0.269 e. The molecule has 0 N–H and O–H groups in total. The molecule has 0 saturated carbocycles. The number of hydrogen-bond acceptors (Lipinski definition) is 7. The number of non-ortho nitro benzene ring substituents is 1. The van der Waals surface area contributed by atoms with Crippen molar-refractivity contribution in [1.29, 1.82) is 0 Å². The number of carbonyl (C=O) groups is 3. The Kier molecular flexibility index (Phi) is 4.21. The van der Waals surface area contributed by atoms with Crippen LogP contribution < -0.4 is 0 Å². The van der Waals surface area contributed by atoms with Crippen molar-refractivity contribution >= 4 is 29.5 Å². The molecular formula is C22H18N4O5. The second-order valence-corrected chi connectivity index (χ2v) is 7.78. The van der Waals surface area contributed by atoms with E-state index in [-0.39, 0.29) is 35.4 Å². The van der Waals surface area contributed by atoms with Gasteiger partial charge >= 0.3 is 0 Å². The van der Waals surface area contributed by atoms with Gasteiger partial charge in [0.1, 0.15) is 6.04 Å². The van der Waals surface area contributed by atoms with E-state index in [1.807, 2.05) is 24.3 Å². The average Bonchev–Trinajstić information content (AvgIpc) is 3.25. The van der Waals surface area contributed by atoms with Crippen LogP contribution in [-0.4, -0.2) is 51.2 Å². The molecule has 3 aliphatic rings. The van der Waals surface area contributed by atoms with Gasteiger partial charge in [0.15, 0.2) is 5.78 Å². The molecule has 0 spiro atoms. The largest absolute Gasteiger partial charge is 0.292 e. The van der Waals surface area contributed by atoms with Crippen molar-refractivity contribution < 1.29 is 19.3 Å². The third-order valence-corrected chi connectivity index (χ3v) is 6.33. The molecule has 0 bridgehead atoms. The Bertz CT molecular complexity index is 1160. The second kappa shape index (κ2) is 6.83. The molecule has 2 aromatic rings. The molecule has 0 radical (unpaired) electrons. The van der Waals surface area contributed by atoms with E-state index >= 15 is 0 Å². The third-order valence-electron chi connectivity index (χ3n) is 6.33. The molecule has 9 nitrogen and oxygen atoms in total. The van der Waals surface area contributed by atoms with E-state index in [2.05, 4.69) is 5.10 Å². The van der Waals surface area contributed by atoms with Crippen molar-refractivity contribution in [2.24, 2.45) is 16.9 Å². The van der Waals surface area contributed by atoms with E-state index < -0.39 is 28.8 Å². The van der Waals surface area contributed by atoms with Crippen LogP contribution in [0.2, 0.25) is 0 Å². The van der Waals surface area contributed by atoms with Crippen LogP contribution in [0.1, 0.15) is 34.5 Å². The van der Waals surface area contributed by atoms with Crippen molar-refractivity contribution in [2.45, 2.75) is 19.0 Å². The molecule has 2 amide bonds. The summed E-state index contributed by atoms with van der Waals surface area (Å²) in [5.74, 6) is -2.62. The summed E-state index contributed by atoms with van der Waals surface area (Å²) in [7, 11) is 0. The van der Waals surface area contributed by atoms with Gasteiger partial charge in [0.2, 0.25) is 11.8 Å². The Balaban J connectivity index is 1.61. The lowest BCUT2D eigenvalue weighted by molar-refractivity contribution is -0.384. The Morgan fingerprint density at radius 1 is 1.06 bits per heavy atom. The highest BCUT2D eigenvalue weighted by atomic mass is 16.6. The van der Waals surface area contributed by atoms with Crippen molar-refractivity contribution in [1.82, 2.24) is 9.91 Å². The first-order chi connectivity index (χ1) is 14.9. The molecule has 0 unspecified atom stereocenters. The van der Waals surface area contributed by atoms with Crippen molar-refractivity contribution in [2.75, 3.05) is 6.54 Å². The SMILES string of the molecule is CCN1C(=O)[C@@H]2[C@@H](C1=O)[C@H]1c3ccccc3C=NN1[C@@H]2C(=O)c1ccc([N+](=O)[O-])cc1. The number of rotatable bonds is 4. The number of hydrazone groups is 1. The molecule has 0 aliphatic carbocycles. The summed E-state index contributed by atoms with van der Waals surface area (Å²) in [6.07, 6.45) is 1.63. The standard InChI is InChI=1S/C22H18N4O5/c1-2-24-21(28)16-17(22(24)29)19(20(27)12-7-9-14(10-8-12)26(30)31)25-18(16)15-6-4-3-5-13(15)11-23-25/h3-11,16-19H,2H2,1H3/t16-,17-,18-,19+/m1/s1. The number of likely N-dealkylation sites (tertiary alicyclic amines) is 1. The highest BCUT2D eigenvalue weighted by Gasteiger charge is 2.64. The van der Waals surface area contributed by atoms with Gasteiger partial charge < -0.3 is 0 Å². The normalized spacial score (nSPS) is 26.0. The van der Waals surface area contributed by atoms with Crippen LogP contribution >= 0.6 is 0 Å². The number of carbonyl (C=O) groups excluding carboxylic acids is 3. The first-order valence-electron chi connectivity index (χ1n) is 9.99. The molecular weight excluding hydrogens is 400 g/mol. The number of imide groups is 1. The molecule has 2 aromatic carbocycles. The number of fused-ring (bicyclic) bond motifs is 5. The Labute approximate surface area is 177 Å². The van der Waals surface area contributed by atoms with Crippen molar-refractivity contribution in [3.63, 3.8) is 0 Å². The summed E-state index contributed by atoms with van der Waals surface area (Å²) in [5.41, 5.74) is 1.80. The van der Waals surface area contributed by atoms with Gasteiger partial charge in [0.25, 0.3) is 5.69 Å². The number of nitrogens with zero attached hydrogens (tertiary/aromatic N) is 4. The van der Waals surface area contributed by atoms with Gasteiger partial charge in [-0.05, 0) is 30.2 Å². The van der Waals surface area contributed by atoms with Crippen molar-refractivity contribution in [3.8, 4) is 0 Å². The number of Topliss-reactive ketones (excluding diaryl/α,β-unsaturated/α-hetero) is 1. The minimum absolute atomic E-state index is 0.132. The number of ketones is 1. The molecule has 0 aromatic heterocycles. The number of amides is 2. The van der Waals surface area contributed by atoms with Crippen LogP contribution in [0.15, 0.2) is 53.6 Å². The van der Waals surface area contributed by atoms with Crippen LogP contribution in [0.3, 0.4) is 0 Å². The molecule has 5 rings (SSSR count). The second-order valence-electron chi connectivity index (χ2n) is 7.78. The topological polar surface area (TPSA) is 113 Å². The van der Waals surface area contributed by atoms with Gasteiger partial charge in [-0.15, -0.1) is 0 Å². The molecule has 2 saturated heterocycles. The van der Waals surface area contributed by atoms with Gasteiger partial charge in [-0.3, -0.25) is 34.4 Å². The van der Waals surface area contributed by atoms with Crippen LogP contribution in [-0.2, 0) is 9.59 Å². The molecule has 156 valence electrons. The van der Waals surface area contributed by atoms with Gasteiger partial charge in [-0.2, -0.15) is 5.10 Å². The van der Waals surface area contributed by atoms with E-state index in [1.165, 1.54) is 29.2 Å². The predicted octanol–water partition coefficient (Wildman–Crippen LogP) is 2.17. The van der Waals surface area contributed by atoms with Gasteiger partial charge in [0, 0.05) is 24.2 Å². The van der Waals surface area contributed by atoms with E-state index in [4.69, 9.17) is 0 Å². The number of hydrogen-bond donors (Lipinski definition) is 0. The van der Waals surface area contributed by atoms with Crippen LogP contribution in [0, 0.1) is 22.0 Å². The number of nitro groups is 1. The van der Waals surface area contributed by atoms with E-state index in [0.29, 0.717) is 0 Å². The zero-order chi connectivity index (χ0) is 21.9. The van der Waals surface area contributed by atoms with Crippen LogP contribution in [0.25, 0.3) is 0 Å². The molecule has 2 fully saturated rings. The summed E-state index contributed by atoms with van der Waals surface area (Å²) >= 11 is 0. The van der Waals surface area contributed by atoms with Crippen LogP contribution in [0.5, 0.6) is 0 Å². The fourth-order valence-corrected chi connectivity index (χ4v) is 4.96. The third kappa shape index (κ3) is 2.62. The summed E-state index contributed by atoms with van der Waals surface area (Å²) in [4.78, 5) is 51.5. The summed E-state index contributed by atoms with van der Waals surface area (Å²) < 4.78 is 0. The van der Waals surface area contributed by atoms with Gasteiger partial charge in [-0.1, -0.05) is 24.3 Å². The lowest BCUT2D eigenvalue weighted by Gasteiger charge is -2.33. The Morgan fingerprint density at radius 2 is 1.74 bits per heavy atom. The quantitative estimate of drug-likeness (QED) is 0.325. The van der Waals surface area contributed by atoms with E-state index in [1.54, 1.807) is 18.1 Å². The molecule has 4 atom stereocenters. The predicted molar refractivity (Wildman–Crippen MR) is 109 cm³/mol. The highest BCUT2D eigenvalue weighted by Crippen LogP contribution is 2.52. The molecule has 3 aliphatic heterocycles. The first kappa shape index (κ1) is 19.1. The maximum atomic E-state index is 13.5. The molecule has 31 heavy (non-hydrogen) atoms. The minimum atomic E-state index is -0.964. The zero-order valence-corrected chi connectivity index (χ0v) is 16.5. The monoisotopic (exact) mass is 418 g/mol. The van der Waals surface area contributed by atoms with E-state index in [9.17, 15) is 24.5 Å². The highest BCUT2D eigenvalue weighted by molar-refractivity contribution is 6.12. The Morgan fingerprint density at radius 3 is 2.42 bits per heavy atom. The van der Waals surface area contributed by atoms with Gasteiger partial charge in [0.05, 0.1) is 29.0 Å². The lowest BCUT2D eigenvalue weighted by atomic mass is 9.83. The Hall–Kier alpha value is -3.88. The molecule has 9 heteroatoms. The summed E-state index contributed by atoms with van der Waals surface area (Å²) in [5, 5.41) is 17.0. The summed E-state index contributed by atoms with van der Waals surface area (Å²) in [6.45, 7) is 1.97. The fraction of sp³-hybridized carbons (Fsp3) is 0.273. The van der Waals surface area contributed by atoms with Crippen LogP contribution in [0.4, 0.5) is 5.69 Å². The minimum Gasteiger partial charge on any atom is -0.292 e. The lowest BCUT2D eigenvalue weighted by Crippen LogP contribution is -2.44. The van der Waals surface area contributed by atoms with Gasteiger partial charge in [-0.25, -0.2) is 0 Å². The smallest absolute Gasteiger partial charge is 0.269 e. The number of benzene rings is 2. The van der Waals surface area contributed by atoms with Crippen molar-refractivity contribution in [3.05, 3.63) is 75.3 Å². The maximum absolute atomic E-state index is 13.5.